The second-order valence-corrected chi connectivity index (χ2v) is 5.97. The van der Waals surface area contributed by atoms with Gasteiger partial charge in [-0.25, -0.2) is 0 Å². The molecule has 22 heavy (non-hydrogen) atoms. The summed E-state index contributed by atoms with van der Waals surface area (Å²) in [5.74, 6) is -0.188. The Balaban J connectivity index is 1.85. The highest BCUT2D eigenvalue weighted by Gasteiger charge is 2.11. The van der Waals surface area contributed by atoms with E-state index < -0.39 is 0 Å². The highest BCUT2D eigenvalue weighted by molar-refractivity contribution is 7.16. The molecule has 0 atom stereocenters. The summed E-state index contributed by atoms with van der Waals surface area (Å²) in [5.41, 5.74) is 2.69. The summed E-state index contributed by atoms with van der Waals surface area (Å²) in [4.78, 5) is 24.2. The largest absolute Gasteiger partial charge is 0.324 e. The molecule has 0 bridgehead atoms. The summed E-state index contributed by atoms with van der Waals surface area (Å²) in [6.45, 7) is 2.07. The zero-order valence-electron chi connectivity index (χ0n) is 12.2. The number of nitrogens with one attached hydrogen (secondary N) is 1. The van der Waals surface area contributed by atoms with Crippen LogP contribution in [0.25, 0.3) is 10.2 Å². The third-order valence-electron chi connectivity index (χ3n) is 3.55. The summed E-state index contributed by atoms with van der Waals surface area (Å²) in [6, 6.07) is 15.2. The minimum atomic E-state index is -0.188. The van der Waals surface area contributed by atoms with Crippen molar-refractivity contribution in [3.05, 3.63) is 63.8 Å². The molecule has 0 radical (unpaired) electrons. The second kappa shape index (κ2) is 6.15. The molecule has 4 nitrogen and oxygen atoms in total. The fourth-order valence-corrected chi connectivity index (χ4v) is 3.34. The van der Waals surface area contributed by atoms with E-state index in [1.807, 2.05) is 55.5 Å². The molecule has 1 heterocycles. The predicted molar refractivity (Wildman–Crippen MR) is 90.5 cm³/mol. The van der Waals surface area contributed by atoms with Crippen LogP contribution in [-0.4, -0.2) is 10.5 Å². The molecule has 3 aromatic rings. The number of benzene rings is 2. The molecule has 112 valence electrons. The predicted octanol–water partition coefficient (Wildman–Crippen LogP) is 3.26. The van der Waals surface area contributed by atoms with E-state index in [0.29, 0.717) is 0 Å². The van der Waals surface area contributed by atoms with Crippen LogP contribution in [0.3, 0.4) is 0 Å². The fourth-order valence-electron chi connectivity index (χ4n) is 2.45. The quantitative estimate of drug-likeness (QED) is 0.804. The lowest BCUT2D eigenvalue weighted by molar-refractivity contribution is -0.116. The molecule has 2 aromatic carbocycles. The molecule has 3 rings (SSSR count). The zero-order valence-corrected chi connectivity index (χ0v) is 13.0. The van der Waals surface area contributed by atoms with Gasteiger partial charge in [-0.05, 0) is 30.2 Å². The summed E-state index contributed by atoms with van der Waals surface area (Å²) in [6.07, 6.45) is 0.845. The van der Waals surface area contributed by atoms with Crippen LogP contribution in [0.1, 0.15) is 12.5 Å². The van der Waals surface area contributed by atoms with E-state index in [4.69, 9.17) is 0 Å². The van der Waals surface area contributed by atoms with Crippen molar-refractivity contribution in [1.29, 1.82) is 0 Å². The molecule has 0 fully saturated rings. The second-order valence-electron chi connectivity index (χ2n) is 4.98. The van der Waals surface area contributed by atoms with Crippen LogP contribution < -0.4 is 10.2 Å². The fraction of sp³-hybridized carbons (Fsp3) is 0.176. The normalized spacial score (nSPS) is 10.8. The van der Waals surface area contributed by atoms with Crippen molar-refractivity contribution >= 4 is 33.1 Å². The van der Waals surface area contributed by atoms with Crippen molar-refractivity contribution in [2.24, 2.45) is 0 Å². The van der Waals surface area contributed by atoms with E-state index in [1.54, 1.807) is 0 Å². The molecule has 5 heteroatoms. The molecule has 1 amide bonds. The number of carbonyl (C=O) groups is 1. The molecule has 0 unspecified atom stereocenters. The van der Waals surface area contributed by atoms with E-state index in [1.165, 1.54) is 4.57 Å². The molecular weight excluding hydrogens is 296 g/mol. The standard InChI is InChI=1S/C17H16N2O2S/c1-2-12-7-3-4-8-13(12)18-16(20)11-19-14-9-5-6-10-15(14)22-17(19)21/h3-10H,2,11H2,1H3,(H,18,20). The van der Waals surface area contributed by atoms with Crippen LogP contribution in [0.4, 0.5) is 5.69 Å². The van der Waals surface area contributed by atoms with Gasteiger partial charge in [0.05, 0.1) is 10.2 Å². The van der Waals surface area contributed by atoms with Crippen molar-refractivity contribution < 1.29 is 4.79 Å². The van der Waals surface area contributed by atoms with Gasteiger partial charge in [0.1, 0.15) is 6.54 Å². The van der Waals surface area contributed by atoms with Crippen molar-refractivity contribution in [3.63, 3.8) is 0 Å². The number of rotatable bonds is 4. The maximum absolute atomic E-state index is 12.3. The SMILES string of the molecule is CCc1ccccc1NC(=O)Cn1c(=O)sc2ccccc21. The van der Waals surface area contributed by atoms with Crippen LogP contribution in [-0.2, 0) is 17.8 Å². The van der Waals surface area contributed by atoms with Crippen LogP contribution in [0.2, 0.25) is 0 Å². The Morgan fingerprint density at radius 2 is 1.86 bits per heavy atom. The molecule has 1 N–H and O–H groups in total. The number of aromatic nitrogens is 1. The average molecular weight is 312 g/mol. The maximum atomic E-state index is 12.3. The van der Waals surface area contributed by atoms with Crippen LogP contribution in [0, 0.1) is 0 Å². The number of anilines is 1. The summed E-state index contributed by atoms with van der Waals surface area (Å²) in [5, 5.41) is 2.90. The van der Waals surface area contributed by atoms with Crippen molar-refractivity contribution in [1.82, 2.24) is 4.57 Å². The van der Waals surface area contributed by atoms with Gasteiger partial charge in [0, 0.05) is 5.69 Å². The Bertz CT molecular complexity index is 879. The minimum absolute atomic E-state index is 0.0287. The van der Waals surface area contributed by atoms with E-state index >= 15 is 0 Å². The van der Waals surface area contributed by atoms with Gasteiger partial charge < -0.3 is 5.32 Å². The molecule has 0 saturated heterocycles. The van der Waals surface area contributed by atoms with E-state index in [0.717, 1.165) is 39.2 Å². The number of para-hydroxylation sites is 2. The van der Waals surface area contributed by atoms with Crippen molar-refractivity contribution in [2.75, 3.05) is 5.32 Å². The average Bonchev–Trinajstić information content (AvgIpc) is 2.84. The topological polar surface area (TPSA) is 51.1 Å². The number of hydrogen-bond acceptors (Lipinski definition) is 3. The molecule has 0 aliphatic rings. The van der Waals surface area contributed by atoms with Crippen molar-refractivity contribution in [2.45, 2.75) is 19.9 Å². The monoisotopic (exact) mass is 312 g/mol. The molecule has 0 aliphatic heterocycles. The number of hydrogen-bond donors (Lipinski definition) is 1. The number of fused-ring (bicyclic) bond motifs is 1. The Kier molecular flexibility index (Phi) is 4.06. The number of carbonyl (C=O) groups excluding carboxylic acids is 1. The molecule has 0 saturated carbocycles. The van der Waals surface area contributed by atoms with Gasteiger partial charge in [0.25, 0.3) is 0 Å². The van der Waals surface area contributed by atoms with E-state index in [2.05, 4.69) is 5.32 Å². The Morgan fingerprint density at radius 3 is 2.68 bits per heavy atom. The Morgan fingerprint density at radius 1 is 1.14 bits per heavy atom. The first kappa shape index (κ1) is 14.5. The van der Waals surface area contributed by atoms with Gasteiger partial charge in [-0.3, -0.25) is 14.2 Å². The number of amides is 1. The van der Waals surface area contributed by atoms with Gasteiger partial charge in [0.15, 0.2) is 0 Å². The van der Waals surface area contributed by atoms with Gasteiger partial charge >= 0.3 is 4.87 Å². The van der Waals surface area contributed by atoms with Crippen LogP contribution in [0.5, 0.6) is 0 Å². The van der Waals surface area contributed by atoms with Crippen LogP contribution in [0.15, 0.2) is 53.3 Å². The van der Waals surface area contributed by atoms with Gasteiger partial charge in [-0.2, -0.15) is 0 Å². The lowest BCUT2D eigenvalue weighted by Gasteiger charge is -2.10. The van der Waals surface area contributed by atoms with E-state index in [9.17, 15) is 9.59 Å². The van der Waals surface area contributed by atoms with Gasteiger partial charge in [0.2, 0.25) is 5.91 Å². The zero-order chi connectivity index (χ0) is 15.5. The molecule has 0 aliphatic carbocycles. The first-order valence-electron chi connectivity index (χ1n) is 7.15. The summed E-state index contributed by atoms with van der Waals surface area (Å²) in [7, 11) is 0. The highest BCUT2D eigenvalue weighted by atomic mass is 32.1. The van der Waals surface area contributed by atoms with E-state index in [-0.39, 0.29) is 17.3 Å². The maximum Gasteiger partial charge on any atom is 0.308 e. The highest BCUT2D eigenvalue weighted by Crippen LogP contribution is 2.18. The summed E-state index contributed by atoms with van der Waals surface area (Å²) >= 11 is 1.16. The third kappa shape index (κ3) is 2.80. The minimum Gasteiger partial charge on any atom is -0.324 e. The number of nitrogens with zero attached hydrogens (tertiary/aromatic N) is 1. The Labute approximate surface area is 132 Å². The smallest absolute Gasteiger partial charge is 0.308 e. The number of thiazole rings is 1. The summed E-state index contributed by atoms with van der Waals surface area (Å²) < 4.78 is 2.42. The Hall–Kier alpha value is -2.40. The molecule has 1 aromatic heterocycles. The van der Waals surface area contributed by atoms with Gasteiger partial charge in [-0.1, -0.05) is 48.6 Å². The third-order valence-corrected chi connectivity index (χ3v) is 4.51. The van der Waals surface area contributed by atoms with Crippen LogP contribution >= 0.6 is 11.3 Å². The van der Waals surface area contributed by atoms with Crippen molar-refractivity contribution in [3.8, 4) is 0 Å². The molecular formula is C17H16N2O2S. The first-order chi connectivity index (χ1) is 10.7. The lowest BCUT2D eigenvalue weighted by Crippen LogP contribution is -2.24. The lowest BCUT2D eigenvalue weighted by atomic mass is 10.1. The first-order valence-corrected chi connectivity index (χ1v) is 7.97. The number of aryl methyl sites for hydroxylation is 1. The molecule has 0 spiro atoms. The van der Waals surface area contributed by atoms with Gasteiger partial charge in [-0.15, -0.1) is 0 Å².